The third-order valence-corrected chi connectivity index (χ3v) is 2.22. The molecule has 15 heteroatoms. The lowest BCUT2D eigenvalue weighted by Gasteiger charge is -2.34. The Morgan fingerprint density at radius 3 is 1.60 bits per heavy atom. The molecule has 0 aromatic heterocycles. The van der Waals surface area contributed by atoms with Crippen LogP contribution in [0.4, 0.5) is 39.5 Å². The Hall–Kier alpha value is -0.800. The van der Waals surface area contributed by atoms with Gasteiger partial charge in [0.15, 0.2) is 6.86 Å². The highest BCUT2D eigenvalue weighted by atomic mass is 32.2. The van der Waals surface area contributed by atoms with E-state index in [4.69, 9.17) is 4.55 Å². The largest absolute Gasteiger partial charge is 0.491 e. The average molecular weight is 346 g/mol. The molecule has 1 atom stereocenters. The normalized spacial score (nSPS) is 17.9. The molecule has 20 heavy (non-hydrogen) atoms. The summed E-state index contributed by atoms with van der Waals surface area (Å²) in [4.78, 5) is 0. The van der Waals surface area contributed by atoms with Gasteiger partial charge < -0.3 is 0 Å². The smallest absolute Gasteiger partial charge is 0.284 e. The van der Waals surface area contributed by atoms with Crippen molar-refractivity contribution in [3.8, 4) is 0 Å². The van der Waals surface area contributed by atoms with Gasteiger partial charge in [0.05, 0.1) is 0 Å². The van der Waals surface area contributed by atoms with E-state index in [2.05, 4.69) is 4.74 Å². The van der Waals surface area contributed by atoms with E-state index in [1.807, 2.05) is 4.74 Å². The Morgan fingerprint density at radius 1 is 0.950 bits per heavy atom. The van der Waals surface area contributed by atoms with Gasteiger partial charge in [-0.25, -0.2) is 4.39 Å². The molecule has 0 aliphatic rings. The summed E-state index contributed by atoms with van der Waals surface area (Å²) in [6, 6.07) is 0. The van der Waals surface area contributed by atoms with Gasteiger partial charge >= 0.3 is 33.7 Å². The molecular formula is C5H3F9O5S. The van der Waals surface area contributed by atoms with Crippen LogP contribution in [0.2, 0.25) is 0 Å². The minimum atomic E-state index is -6.97. The van der Waals surface area contributed by atoms with E-state index < -0.39 is 40.6 Å². The SMILES string of the molecule is O=S(=O)(O)C(F)(F)OC(F)(C(F)(F)F)C(F)(F)OCF. The molecule has 0 aromatic rings. The second-order valence-electron chi connectivity index (χ2n) is 2.90. The fourth-order valence-electron chi connectivity index (χ4n) is 0.660. The van der Waals surface area contributed by atoms with Crippen LogP contribution in [0.25, 0.3) is 0 Å². The van der Waals surface area contributed by atoms with Crippen LogP contribution in [-0.4, -0.2) is 43.4 Å². The zero-order chi connectivity index (χ0) is 16.6. The number of hydrogen-bond acceptors (Lipinski definition) is 4. The lowest BCUT2D eigenvalue weighted by Crippen LogP contribution is -2.61. The van der Waals surface area contributed by atoms with Crippen molar-refractivity contribution in [2.75, 3.05) is 6.86 Å². The fraction of sp³-hybridized carbons (Fsp3) is 1.00. The van der Waals surface area contributed by atoms with Gasteiger partial charge in [0, 0.05) is 0 Å². The van der Waals surface area contributed by atoms with Gasteiger partial charge in [-0.2, -0.15) is 43.5 Å². The van der Waals surface area contributed by atoms with Crippen LogP contribution in [0.5, 0.6) is 0 Å². The molecule has 122 valence electrons. The summed E-state index contributed by atoms with van der Waals surface area (Å²) in [5.41, 5.74) is -6.42. The standard InChI is InChI=1S/C5H3F9O5S/c6-1-18-4(11,12)2(7,3(8,9)10)19-5(13,14)20(15,16)17/h1H2,(H,15,16,17). The molecule has 0 aliphatic carbocycles. The molecule has 0 saturated heterocycles. The Kier molecular flexibility index (Phi) is 4.99. The maximum atomic E-state index is 13.0. The predicted octanol–water partition coefficient (Wildman–Crippen LogP) is 2.21. The number of halogens is 9. The van der Waals surface area contributed by atoms with Crippen molar-refractivity contribution in [3.63, 3.8) is 0 Å². The van der Waals surface area contributed by atoms with Gasteiger partial charge in [-0.3, -0.25) is 14.0 Å². The lowest BCUT2D eigenvalue weighted by atomic mass is 10.2. The van der Waals surface area contributed by atoms with E-state index in [1.165, 1.54) is 0 Å². The Bertz CT molecular complexity index is 444. The monoisotopic (exact) mass is 346 g/mol. The first-order valence-corrected chi connectivity index (χ1v) is 5.34. The minimum Gasteiger partial charge on any atom is -0.284 e. The first-order chi connectivity index (χ1) is 8.52. The van der Waals surface area contributed by atoms with Crippen LogP contribution in [0.3, 0.4) is 0 Å². The Morgan fingerprint density at radius 2 is 1.35 bits per heavy atom. The van der Waals surface area contributed by atoms with E-state index in [1.54, 1.807) is 0 Å². The van der Waals surface area contributed by atoms with Crippen LogP contribution in [0, 0.1) is 0 Å². The Balaban J connectivity index is 5.86. The molecule has 0 spiro atoms. The molecule has 0 aromatic carbocycles. The summed E-state index contributed by atoms with van der Waals surface area (Å²) in [6.07, 6.45) is -13.4. The molecule has 0 radical (unpaired) electrons. The van der Waals surface area contributed by atoms with Gasteiger partial charge in [0.25, 0.3) is 0 Å². The number of alkyl halides is 9. The van der Waals surface area contributed by atoms with E-state index in [9.17, 15) is 47.9 Å². The quantitative estimate of drug-likeness (QED) is 0.590. The summed E-state index contributed by atoms with van der Waals surface area (Å²) in [5, 5.41) is 0. The molecule has 1 N–H and O–H groups in total. The first kappa shape index (κ1) is 19.2. The topological polar surface area (TPSA) is 72.8 Å². The van der Waals surface area contributed by atoms with Crippen LogP contribution < -0.4 is 0 Å². The van der Waals surface area contributed by atoms with Crippen molar-refractivity contribution >= 4 is 10.1 Å². The molecule has 0 heterocycles. The summed E-state index contributed by atoms with van der Waals surface area (Å²) in [7, 11) is -6.85. The molecule has 0 aliphatic heterocycles. The van der Waals surface area contributed by atoms with Gasteiger partial charge in [0.2, 0.25) is 0 Å². The van der Waals surface area contributed by atoms with E-state index >= 15 is 0 Å². The maximum Gasteiger partial charge on any atom is 0.491 e. The summed E-state index contributed by atoms with van der Waals surface area (Å²) in [5.74, 6) is -6.76. The zero-order valence-electron chi connectivity index (χ0n) is 8.60. The van der Waals surface area contributed by atoms with Gasteiger partial charge in [-0.15, -0.1) is 0 Å². The summed E-state index contributed by atoms with van der Waals surface area (Å²) < 4.78 is 143. The molecule has 0 rings (SSSR count). The maximum absolute atomic E-state index is 13.0. The molecule has 0 amide bonds. The van der Waals surface area contributed by atoms with E-state index in [0.717, 1.165) is 0 Å². The molecule has 5 nitrogen and oxygen atoms in total. The van der Waals surface area contributed by atoms with Crippen molar-refractivity contribution in [2.24, 2.45) is 0 Å². The fourth-order valence-corrected chi connectivity index (χ4v) is 0.880. The minimum absolute atomic E-state index is 1.87. The number of rotatable bonds is 6. The number of hydrogen-bond donors (Lipinski definition) is 1. The second-order valence-corrected chi connectivity index (χ2v) is 4.33. The zero-order valence-corrected chi connectivity index (χ0v) is 9.41. The van der Waals surface area contributed by atoms with Gasteiger partial charge in [0.1, 0.15) is 0 Å². The van der Waals surface area contributed by atoms with Crippen molar-refractivity contribution in [3.05, 3.63) is 0 Å². The van der Waals surface area contributed by atoms with E-state index in [-0.39, 0.29) is 0 Å². The average Bonchev–Trinajstić information content (AvgIpc) is 2.12. The second kappa shape index (κ2) is 5.19. The molecule has 0 fully saturated rings. The van der Waals surface area contributed by atoms with Crippen LogP contribution in [0.15, 0.2) is 0 Å². The van der Waals surface area contributed by atoms with Crippen molar-refractivity contribution < 1.29 is 62.0 Å². The highest BCUT2D eigenvalue weighted by Gasteiger charge is 2.78. The van der Waals surface area contributed by atoms with Crippen molar-refractivity contribution in [2.45, 2.75) is 23.6 Å². The highest BCUT2D eigenvalue weighted by Crippen LogP contribution is 2.50. The highest BCUT2D eigenvalue weighted by molar-refractivity contribution is 7.86. The Labute approximate surface area is 104 Å². The van der Waals surface area contributed by atoms with Crippen LogP contribution in [0.1, 0.15) is 0 Å². The van der Waals surface area contributed by atoms with Gasteiger partial charge in [-0.05, 0) is 0 Å². The van der Waals surface area contributed by atoms with E-state index in [0.29, 0.717) is 0 Å². The molecular weight excluding hydrogens is 343 g/mol. The van der Waals surface area contributed by atoms with Crippen LogP contribution in [-0.2, 0) is 19.6 Å². The molecule has 1 unspecified atom stereocenters. The molecule has 0 saturated carbocycles. The third-order valence-electron chi connectivity index (χ3n) is 1.53. The lowest BCUT2D eigenvalue weighted by molar-refractivity contribution is -0.490. The third kappa shape index (κ3) is 3.44. The van der Waals surface area contributed by atoms with Gasteiger partial charge in [-0.1, -0.05) is 0 Å². The summed E-state index contributed by atoms with van der Waals surface area (Å²) >= 11 is 0. The first-order valence-electron chi connectivity index (χ1n) is 3.90. The van der Waals surface area contributed by atoms with Crippen LogP contribution >= 0.6 is 0 Å². The predicted molar refractivity (Wildman–Crippen MR) is 39.5 cm³/mol. The number of ether oxygens (including phenoxy) is 2. The summed E-state index contributed by atoms with van der Waals surface area (Å²) in [6.45, 7) is -2.75. The van der Waals surface area contributed by atoms with Crippen molar-refractivity contribution in [1.29, 1.82) is 0 Å². The molecule has 0 bridgehead atoms. The van der Waals surface area contributed by atoms with Crippen molar-refractivity contribution in [1.82, 2.24) is 0 Å².